The van der Waals surface area contributed by atoms with Gasteiger partial charge in [-0.3, -0.25) is 0 Å². The lowest BCUT2D eigenvalue weighted by Gasteiger charge is -2.05. The molecule has 2 aromatic rings. The Balaban J connectivity index is 2.38. The Morgan fingerprint density at radius 3 is 2.83 bits per heavy atom. The summed E-state index contributed by atoms with van der Waals surface area (Å²) in [4.78, 5) is 0. The van der Waals surface area contributed by atoms with Gasteiger partial charge in [-0.2, -0.15) is 5.06 Å². The van der Waals surface area contributed by atoms with E-state index < -0.39 is 0 Å². The highest BCUT2D eigenvalue weighted by Crippen LogP contribution is 2.20. The number of hydrogen-bond donors (Lipinski definition) is 2. The van der Waals surface area contributed by atoms with Gasteiger partial charge in [-0.25, -0.2) is 0 Å². The van der Waals surface area contributed by atoms with Crippen LogP contribution in [-0.2, 0) is 6.54 Å². The van der Waals surface area contributed by atoms with Crippen LogP contribution in [0.15, 0.2) is 59.7 Å². The predicted octanol–water partition coefficient (Wildman–Crippen LogP) is 2.60. The van der Waals surface area contributed by atoms with Crippen LogP contribution in [0.25, 0.3) is 23.6 Å². The molecular weight excluding hydrogens is 288 g/mol. The second kappa shape index (κ2) is 7.63. The van der Waals surface area contributed by atoms with E-state index >= 15 is 0 Å². The van der Waals surface area contributed by atoms with Gasteiger partial charge in [-0.15, -0.1) is 0 Å². The van der Waals surface area contributed by atoms with Crippen LogP contribution in [-0.4, -0.2) is 17.3 Å². The first-order chi connectivity index (χ1) is 11.0. The van der Waals surface area contributed by atoms with E-state index in [4.69, 9.17) is 4.42 Å². The molecule has 23 heavy (non-hydrogen) atoms. The van der Waals surface area contributed by atoms with Gasteiger partial charge in [0.15, 0.2) is 0 Å². The van der Waals surface area contributed by atoms with Crippen molar-refractivity contribution in [1.29, 1.82) is 0 Å². The topological polar surface area (TPSA) is 48.6 Å². The Bertz CT molecular complexity index is 816. The summed E-state index contributed by atoms with van der Waals surface area (Å²) in [6.45, 7) is 10.1. The van der Waals surface area contributed by atoms with Crippen LogP contribution in [0.4, 0.5) is 0 Å². The third-order valence-electron chi connectivity index (χ3n) is 3.38. The first kappa shape index (κ1) is 16.8. The average molecular weight is 310 g/mol. The van der Waals surface area contributed by atoms with Crippen molar-refractivity contribution in [2.24, 2.45) is 0 Å². The minimum absolute atomic E-state index is 0.347. The van der Waals surface area contributed by atoms with Crippen molar-refractivity contribution in [3.8, 4) is 11.3 Å². The largest absolute Gasteiger partial charge is 0.460 e. The summed E-state index contributed by atoms with van der Waals surface area (Å²) in [7, 11) is 1.58. The summed E-state index contributed by atoms with van der Waals surface area (Å²) in [6, 6.07) is 9.75. The SMILES string of the molecule is C=C/C=C/N/C(C)=c1\cc(-c2ccc(CN(C)O)o2)ccc1=C. The lowest BCUT2D eigenvalue weighted by molar-refractivity contribution is -0.0772. The highest BCUT2D eigenvalue weighted by Gasteiger charge is 2.06. The van der Waals surface area contributed by atoms with Crippen LogP contribution >= 0.6 is 0 Å². The molecule has 2 N–H and O–H groups in total. The smallest absolute Gasteiger partial charge is 0.134 e. The average Bonchev–Trinajstić information content (AvgIpc) is 2.95. The number of furan rings is 1. The zero-order valence-electron chi connectivity index (χ0n) is 13.5. The maximum absolute atomic E-state index is 9.28. The van der Waals surface area contributed by atoms with Crippen molar-refractivity contribution >= 4 is 12.3 Å². The standard InChI is InChI=1S/C19H22N2O2/c1-5-6-11-20-15(3)18-12-16(8-7-14(18)2)19-10-9-17(23-19)13-21(4)22/h5-12,20,22H,1-2,13H2,3-4H3/b11-6+,18-15+. The molecule has 1 aromatic heterocycles. The van der Waals surface area contributed by atoms with Crippen molar-refractivity contribution in [1.82, 2.24) is 10.4 Å². The molecule has 0 atom stereocenters. The van der Waals surface area contributed by atoms with E-state index in [0.29, 0.717) is 12.3 Å². The highest BCUT2D eigenvalue weighted by atomic mass is 16.5. The van der Waals surface area contributed by atoms with Gasteiger partial charge in [0.05, 0.1) is 6.54 Å². The van der Waals surface area contributed by atoms with E-state index in [1.165, 1.54) is 0 Å². The van der Waals surface area contributed by atoms with Gasteiger partial charge in [0.1, 0.15) is 11.5 Å². The second-order valence-corrected chi connectivity index (χ2v) is 5.32. The van der Waals surface area contributed by atoms with Crippen LogP contribution in [0.2, 0.25) is 0 Å². The van der Waals surface area contributed by atoms with Gasteiger partial charge in [0.2, 0.25) is 0 Å². The summed E-state index contributed by atoms with van der Waals surface area (Å²) in [5.41, 5.74) is 1.96. The summed E-state index contributed by atoms with van der Waals surface area (Å²) in [6.07, 6.45) is 5.38. The molecule has 1 heterocycles. The van der Waals surface area contributed by atoms with Crippen LogP contribution < -0.4 is 15.8 Å². The van der Waals surface area contributed by atoms with Gasteiger partial charge in [0.25, 0.3) is 0 Å². The molecule has 0 unspecified atom stereocenters. The van der Waals surface area contributed by atoms with Crippen molar-refractivity contribution in [3.05, 3.63) is 71.5 Å². The Morgan fingerprint density at radius 1 is 1.35 bits per heavy atom. The molecule has 0 fully saturated rings. The molecule has 0 aliphatic rings. The van der Waals surface area contributed by atoms with E-state index in [1.807, 2.05) is 49.5 Å². The molecule has 2 rings (SSSR count). The monoisotopic (exact) mass is 310 g/mol. The third-order valence-corrected chi connectivity index (χ3v) is 3.38. The zero-order valence-corrected chi connectivity index (χ0v) is 13.5. The van der Waals surface area contributed by atoms with Crippen LogP contribution in [0.5, 0.6) is 0 Å². The fraction of sp³-hybridized carbons (Fsp3) is 0.158. The minimum atomic E-state index is 0.347. The fourth-order valence-electron chi connectivity index (χ4n) is 2.24. The molecule has 0 aliphatic heterocycles. The van der Waals surface area contributed by atoms with Crippen molar-refractivity contribution in [2.45, 2.75) is 13.5 Å². The lowest BCUT2D eigenvalue weighted by Crippen LogP contribution is -2.28. The first-order valence-corrected chi connectivity index (χ1v) is 7.34. The number of nitrogens with one attached hydrogen (secondary N) is 1. The summed E-state index contributed by atoms with van der Waals surface area (Å²) >= 11 is 0. The molecule has 0 aliphatic carbocycles. The molecule has 1 aromatic carbocycles. The van der Waals surface area contributed by atoms with Crippen LogP contribution in [0.3, 0.4) is 0 Å². The van der Waals surface area contributed by atoms with E-state index in [0.717, 1.165) is 32.5 Å². The Hall–Kier alpha value is -2.56. The quantitative estimate of drug-likeness (QED) is 0.636. The Kier molecular flexibility index (Phi) is 5.57. The molecule has 120 valence electrons. The number of benzene rings is 1. The minimum Gasteiger partial charge on any atom is -0.460 e. The van der Waals surface area contributed by atoms with Crippen LogP contribution in [0.1, 0.15) is 12.7 Å². The molecule has 0 saturated carbocycles. The second-order valence-electron chi connectivity index (χ2n) is 5.32. The number of nitrogens with zero attached hydrogens (tertiary/aromatic N) is 1. The molecule has 4 nitrogen and oxygen atoms in total. The first-order valence-electron chi connectivity index (χ1n) is 7.34. The predicted molar refractivity (Wildman–Crippen MR) is 93.7 cm³/mol. The molecule has 0 bridgehead atoms. The molecule has 4 heteroatoms. The van der Waals surface area contributed by atoms with Crippen molar-refractivity contribution in [2.75, 3.05) is 7.05 Å². The molecular formula is C19H22N2O2. The van der Waals surface area contributed by atoms with Crippen molar-refractivity contribution < 1.29 is 9.62 Å². The van der Waals surface area contributed by atoms with Gasteiger partial charge in [0, 0.05) is 29.7 Å². The van der Waals surface area contributed by atoms with E-state index in [1.54, 1.807) is 13.1 Å². The van der Waals surface area contributed by atoms with E-state index in [2.05, 4.69) is 18.5 Å². The normalized spacial score (nSPS) is 12.7. The number of allylic oxidation sites excluding steroid dienone is 2. The number of hydrogen-bond acceptors (Lipinski definition) is 4. The Morgan fingerprint density at radius 2 is 2.13 bits per heavy atom. The summed E-state index contributed by atoms with van der Waals surface area (Å²) in [5, 5.41) is 15.5. The third kappa shape index (κ3) is 4.45. The highest BCUT2D eigenvalue weighted by molar-refractivity contribution is 5.59. The van der Waals surface area contributed by atoms with Gasteiger partial charge in [-0.05, 0) is 36.4 Å². The fourth-order valence-corrected chi connectivity index (χ4v) is 2.24. The molecule has 0 radical (unpaired) electrons. The van der Waals surface area contributed by atoms with Gasteiger partial charge in [-0.1, -0.05) is 31.4 Å². The van der Waals surface area contributed by atoms with Gasteiger partial charge < -0.3 is 14.9 Å². The zero-order chi connectivity index (χ0) is 16.8. The summed E-state index contributed by atoms with van der Waals surface area (Å²) < 4.78 is 5.77. The Labute approximate surface area is 136 Å². The van der Waals surface area contributed by atoms with Gasteiger partial charge >= 0.3 is 0 Å². The molecule has 0 amide bonds. The maximum Gasteiger partial charge on any atom is 0.134 e. The van der Waals surface area contributed by atoms with Crippen molar-refractivity contribution in [3.63, 3.8) is 0 Å². The maximum atomic E-state index is 9.28. The molecule has 0 saturated heterocycles. The number of rotatable bonds is 6. The lowest BCUT2D eigenvalue weighted by atomic mass is 10.1. The van der Waals surface area contributed by atoms with Crippen LogP contribution in [0, 0.1) is 0 Å². The number of hydroxylamine groups is 2. The van der Waals surface area contributed by atoms with E-state index in [9.17, 15) is 5.21 Å². The summed E-state index contributed by atoms with van der Waals surface area (Å²) in [5.74, 6) is 1.47. The molecule has 0 spiro atoms. The van der Waals surface area contributed by atoms with E-state index in [-0.39, 0.29) is 0 Å².